The maximum atomic E-state index is 10.5. The molecule has 1 aromatic rings. The Morgan fingerprint density at radius 2 is 2.25 bits per heavy atom. The van der Waals surface area contributed by atoms with E-state index in [9.17, 15) is 4.79 Å². The minimum atomic E-state index is -0.761. The van der Waals surface area contributed by atoms with Crippen LogP contribution in [-0.2, 0) is 16.6 Å². The average Bonchev–Trinajstić information content (AvgIpc) is 2.84. The highest BCUT2D eigenvalue weighted by molar-refractivity contribution is 5.66. The van der Waals surface area contributed by atoms with Crippen LogP contribution in [0, 0.1) is 0 Å². The molecule has 2 N–H and O–H groups in total. The molecule has 1 aliphatic carbocycles. The van der Waals surface area contributed by atoms with Gasteiger partial charge in [0.25, 0.3) is 0 Å². The quantitative estimate of drug-likeness (QED) is 0.821. The molecule has 1 fully saturated rings. The first-order valence-corrected chi connectivity index (χ1v) is 5.86. The highest BCUT2D eigenvalue weighted by atomic mass is 16.4. The molecule has 0 aromatic carbocycles. The number of rotatable bonds is 4. The molecule has 88 valence electrons. The largest absolute Gasteiger partial charge is 0.481 e. The number of hydrogen-bond donors (Lipinski definition) is 2. The van der Waals surface area contributed by atoms with Gasteiger partial charge in [-0.1, -0.05) is 19.8 Å². The summed E-state index contributed by atoms with van der Waals surface area (Å²) in [6.45, 7) is 2.24. The second-order valence-corrected chi connectivity index (χ2v) is 4.92. The maximum absolute atomic E-state index is 10.5. The van der Waals surface area contributed by atoms with Crippen LogP contribution in [0.4, 0.5) is 0 Å². The second kappa shape index (κ2) is 4.28. The Kier molecular flexibility index (Phi) is 2.99. The van der Waals surface area contributed by atoms with E-state index in [1.807, 2.05) is 0 Å². The second-order valence-electron chi connectivity index (χ2n) is 4.92. The van der Waals surface area contributed by atoms with Crippen molar-refractivity contribution in [2.75, 3.05) is 0 Å². The first-order chi connectivity index (χ1) is 7.60. The van der Waals surface area contributed by atoms with Crippen LogP contribution in [0.3, 0.4) is 0 Å². The van der Waals surface area contributed by atoms with E-state index in [1.54, 1.807) is 6.20 Å². The Morgan fingerprint density at radius 3 is 2.88 bits per heavy atom. The number of hydrogen-bond acceptors (Lipinski definition) is 2. The third-order valence-electron chi connectivity index (χ3n) is 3.52. The number of aryl methyl sites for hydroxylation is 1. The summed E-state index contributed by atoms with van der Waals surface area (Å²) in [7, 11) is 0. The molecular formula is C12H18N2O2. The van der Waals surface area contributed by atoms with Crippen molar-refractivity contribution in [1.29, 1.82) is 0 Å². The smallest absolute Gasteiger partial charge is 0.303 e. The van der Waals surface area contributed by atoms with Crippen LogP contribution in [0.1, 0.15) is 50.5 Å². The van der Waals surface area contributed by atoms with Gasteiger partial charge in [0.1, 0.15) is 5.82 Å². The monoisotopic (exact) mass is 222 g/mol. The molecule has 0 unspecified atom stereocenters. The topological polar surface area (TPSA) is 66.0 Å². The number of aliphatic carboxylic acids is 1. The molecule has 1 heterocycles. The van der Waals surface area contributed by atoms with E-state index in [-0.39, 0.29) is 11.8 Å². The zero-order chi connectivity index (χ0) is 11.6. The van der Waals surface area contributed by atoms with Crippen LogP contribution >= 0.6 is 0 Å². The highest BCUT2D eigenvalue weighted by Crippen LogP contribution is 2.38. The van der Waals surface area contributed by atoms with Gasteiger partial charge in [-0.25, -0.2) is 4.98 Å². The average molecular weight is 222 g/mol. The molecule has 0 radical (unpaired) electrons. The molecule has 4 nitrogen and oxygen atoms in total. The zero-order valence-electron chi connectivity index (χ0n) is 9.62. The number of imidazole rings is 1. The Bertz CT molecular complexity index is 378. The number of H-pyrrole nitrogens is 1. The Labute approximate surface area is 95.1 Å². The number of carbonyl (C=O) groups is 1. The summed E-state index contributed by atoms with van der Waals surface area (Å²) in [6.07, 6.45) is 7.37. The lowest BCUT2D eigenvalue weighted by atomic mass is 9.88. The first-order valence-electron chi connectivity index (χ1n) is 5.86. The number of nitrogens with one attached hydrogen (secondary N) is 1. The van der Waals surface area contributed by atoms with Crippen molar-refractivity contribution in [2.24, 2.45) is 0 Å². The molecule has 0 amide bonds. The van der Waals surface area contributed by atoms with Gasteiger partial charge in [0, 0.05) is 17.3 Å². The van der Waals surface area contributed by atoms with E-state index in [0.29, 0.717) is 6.42 Å². The number of nitrogens with zero attached hydrogens (tertiary/aromatic N) is 1. The predicted octanol–water partition coefficient (Wildman–Crippen LogP) is 2.26. The first kappa shape index (κ1) is 11.2. The minimum absolute atomic E-state index is 0.165. The molecular weight excluding hydrogens is 204 g/mol. The Morgan fingerprint density at radius 1 is 1.56 bits per heavy atom. The van der Waals surface area contributed by atoms with Gasteiger partial charge in [-0.2, -0.15) is 0 Å². The fourth-order valence-corrected chi connectivity index (χ4v) is 2.43. The van der Waals surface area contributed by atoms with Crippen LogP contribution in [0.25, 0.3) is 0 Å². The summed E-state index contributed by atoms with van der Waals surface area (Å²) in [4.78, 5) is 18.1. The molecule has 0 saturated heterocycles. The van der Waals surface area contributed by atoms with Gasteiger partial charge in [0.05, 0.1) is 6.42 Å². The van der Waals surface area contributed by atoms with E-state index in [4.69, 9.17) is 5.11 Å². The SMILES string of the molecule is CC1(c2ncc(CCC(=O)O)[nH]2)CCCC1. The van der Waals surface area contributed by atoms with Gasteiger partial charge in [0.15, 0.2) is 0 Å². The van der Waals surface area contributed by atoms with E-state index in [0.717, 1.165) is 11.5 Å². The molecule has 4 heteroatoms. The van der Waals surface area contributed by atoms with Gasteiger partial charge >= 0.3 is 5.97 Å². The third kappa shape index (κ3) is 2.26. The number of carboxylic acid groups (broad SMARTS) is 1. The van der Waals surface area contributed by atoms with E-state index in [2.05, 4.69) is 16.9 Å². The lowest BCUT2D eigenvalue weighted by Crippen LogP contribution is -2.18. The zero-order valence-corrected chi connectivity index (χ0v) is 9.62. The highest BCUT2D eigenvalue weighted by Gasteiger charge is 2.33. The molecule has 2 rings (SSSR count). The van der Waals surface area contributed by atoms with Crippen molar-refractivity contribution in [3.8, 4) is 0 Å². The fraction of sp³-hybridized carbons (Fsp3) is 0.667. The van der Waals surface area contributed by atoms with Gasteiger partial charge < -0.3 is 10.1 Å². The lowest BCUT2D eigenvalue weighted by molar-refractivity contribution is -0.136. The van der Waals surface area contributed by atoms with Gasteiger partial charge in [-0.3, -0.25) is 4.79 Å². The minimum Gasteiger partial charge on any atom is -0.481 e. The van der Waals surface area contributed by atoms with Crippen LogP contribution in [0.2, 0.25) is 0 Å². The van der Waals surface area contributed by atoms with Gasteiger partial charge in [0.2, 0.25) is 0 Å². The number of carboxylic acids is 1. The molecule has 0 spiro atoms. The Balaban J connectivity index is 2.04. The van der Waals surface area contributed by atoms with Crippen molar-refractivity contribution in [2.45, 2.75) is 50.9 Å². The molecule has 16 heavy (non-hydrogen) atoms. The summed E-state index contributed by atoms with van der Waals surface area (Å²) >= 11 is 0. The molecule has 1 aromatic heterocycles. The summed E-state index contributed by atoms with van der Waals surface area (Å²) in [6, 6.07) is 0. The van der Waals surface area contributed by atoms with Crippen molar-refractivity contribution in [3.63, 3.8) is 0 Å². The summed E-state index contributed by atoms with van der Waals surface area (Å²) in [5, 5.41) is 8.61. The van der Waals surface area contributed by atoms with Crippen LogP contribution < -0.4 is 0 Å². The number of aromatic nitrogens is 2. The van der Waals surface area contributed by atoms with Crippen LogP contribution in [-0.4, -0.2) is 21.0 Å². The lowest BCUT2D eigenvalue weighted by Gasteiger charge is -2.20. The third-order valence-corrected chi connectivity index (χ3v) is 3.52. The molecule has 0 atom stereocenters. The molecule has 0 bridgehead atoms. The normalized spacial score (nSPS) is 18.8. The summed E-state index contributed by atoms with van der Waals surface area (Å²) < 4.78 is 0. The van der Waals surface area contributed by atoms with Crippen LogP contribution in [0.15, 0.2) is 6.20 Å². The van der Waals surface area contributed by atoms with E-state index >= 15 is 0 Å². The molecule has 1 saturated carbocycles. The summed E-state index contributed by atoms with van der Waals surface area (Å²) in [5.41, 5.74) is 1.12. The van der Waals surface area contributed by atoms with Crippen molar-refractivity contribution >= 4 is 5.97 Å². The van der Waals surface area contributed by atoms with E-state index in [1.165, 1.54) is 25.7 Å². The molecule has 0 aliphatic heterocycles. The Hall–Kier alpha value is -1.32. The predicted molar refractivity (Wildman–Crippen MR) is 60.4 cm³/mol. The van der Waals surface area contributed by atoms with E-state index < -0.39 is 5.97 Å². The van der Waals surface area contributed by atoms with Crippen molar-refractivity contribution < 1.29 is 9.90 Å². The van der Waals surface area contributed by atoms with Crippen molar-refractivity contribution in [3.05, 3.63) is 17.7 Å². The maximum Gasteiger partial charge on any atom is 0.303 e. The number of aromatic amines is 1. The summed E-state index contributed by atoms with van der Waals surface area (Å²) in [5.74, 6) is 0.272. The van der Waals surface area contributed by atoms with Crippen LogP contribution in [0.5, 0.6) is 0 Å². The fourth-order valence-electron chi connectivity index (χ4n) is 2.43. The standard InChI is InChI=1S/C12H18N2O2/c1-12(6-2-3-7-12)11-13-8-9(14-11)4-5-10(15)16/h8H,2-7H2,1H3,(H,13,14)(H,15,16). The molecule has 1 aliphatic rings. The van der Waals surface area contributed by atoms with Crippen molar-refractivity contribution in [1.82, 2.24) is 9.97 Å². The van der Waals surface area contributed by atoms with Gasteiger partial charge in [-0.15, -0.1) is 0 Å². The van der Waals surface area contributed by atoms with Gasteiger partial charge in [-0.05, 0) is 19.3 Å².